The minimum absolute atomic E-state index is 0.0233. The first kappa shape index (κ1) is 73.3. The largest absolute Gasteiger partial charge is 0.394 e. The van der Waals surface area contributed by atoms with Gasteiger partial charge in [0.2, 0.25) is 5.91 Å². The fourth-order valence-electron chi connectivity index (χ4n) is 10.9. The predicted octanol–water partition coefficient (Wildman–Crippen LogP) is 23.3. The van der Waals surface area contributed by atoms with Crippen LogP contribution in [0.1, 0.15) is 380 Å². The fourth-order valence-corrected chi connectivity index (χ4v) is 10.9. The second kappa shape index (κ2) is 66.6. The molecule has 0 aromatic heterocycles. The Kier molecular flexibility index (Phi) is 65.2. The highest BCUT2D eigenvalue weighted by Gasteiger charge is 2.20. The molecule has 3 N–H and O–H groups in total. The number of amides is 1. The second-order valence-corrected chi connectivity index (χ2v) is 23.6. The third kappa shape index (κ3) is 63.1. The van der Waals surface area contributed by atoms with Gasteiger partial charge in [-0.05, 0) is 51.4 Å². The van der Waals surface area contributed by atoms with Crippen molar-refractivity contribution in [3.05, 3.63) is 48.6 Å². The lowest BCUT2D eigenvalue weighted by atomic mass is 10.0. The maximum Gasteiger partial charge on any atom is 0.220 e. The van der Waals surface area contributed by atoms with E-state index in [4.69, 9.17) is 0 Å². The lowest BCUT2D eigenvalue weighted by Crippen LogP contribution is -2.45. The topological polar surface area (TPSA) is 69.6 Å². The smallest absolute Gasteiger partial charge is 0.220 e. The number of hydrogen-bond donors (Lipinski definition) is 3. The van der Waals surface area contributed by atoms with E-state index < -0.39 is 12.1 Å². The molecule has 2 unspecified atom stereocenters. The number of unbranched alkanes of at least 4 members (excludes halogenated alkanes) is 49. The van der Waals surface area contributed by atoms with Gasteiger partial charge in [-0.2, -0.15) is 0 Å². The highest BCUT2D eigenvalue weighted by atomic mass is 16.3. The van der Waals surface area contributed by atoms with Gasteiger partial charge in [0.25, 0.3) is 0 Å². The van der Waals surface area contributed by atoms with Crippen LogP contribution in [0, 0.1) is 0 Å². The molecule has 0 radical (unpaired) electrons. The third-order valence-electron chi connectivity index (χ3n) is 16.1. The van der Waals surface area contributed by atoms with Gasteiger partial charge in [0.1, 0.15) is 0 Å². The zero-order valence-corrected chi connectivity index (χ0v) is 51.1. The van der Waals surface area contributed by atoms with Crippen LogP contribution in [-0.4, -0.2) is 34.9 Å². The van der Waals surface area contributed by atoms with Crippen LogP contribution in [-0.2, 0) is 4.79 Å². The van der Waals surface area contributed by atoms with Crippen LogP contribution in [0.4, 0.5) is 0 Å². The molecular formula is C71H135NO3. The summed E-state index contributed by atoms with van der Waals surface area (Å²) < 4.78 is 0. The summed E-state index contributed by atoms with van der Waals surface area (Å²) in [6.07, 6.45) is 93.1. The minimum atomic E-state index is -0.660. The summed E-state index contributed by atoms with van der Waals surface area (Å²) in [5, 5.41) is 23.5. The van der Waals surface area contributed by atoms with E-state index in [1.54, 1.807) is 0 Å². The van der Waals surface area contributed by atoms with Crippen molar-refractivity contribution < 1.29 is 15.0 Å². The van der Waals surface area contributed by atoms with Crippen molar-refractivity contribution in [2.75, 3.05) is 6.61 Å². The molecule has 0 bridgehead atoms. The summed E-state index contributed by atoms with van der Waals surface area (Å²) in [6, 6.07) is -0.537. The molecule has 75 heavy (non-hydrogen) atoms. The number of rotatable bonds is 64. The van der Waals surface area contributed by atoms with E-state index in [2.05, 4.69) is 67.8 Å². The second-order valence-electron chi connectivity index (χ2n) is 23.6. The van der Waals surface area contributed by atoms with Crippen molar-refractivity contribution in [1.82, 2.24) is 5.32 Å². The fraction of sp³-hybridized carbons (Fsp3) is 0.873. The summed E-state index contributed by atoms with van der Waals surface area (Å²) in [5.74, 6) is -0.0233. The van der Waals surface area contributed by atoms with Gasteiger partial charge >= 0.3 is 0 Å². The first-order valence-corrected chi connectivity index (χ1v) is 34.3. The van der Waals surface area contributed by atoms with Crippen molar-refractivity contribution in [3.63, 3.8) is 0 Å². The number of carbonyl (C=O) groups is 1. The summed E-state index contributed by atoms with van der Waals surface area (Å²) in [7, 11) is 0. The Morgan fingerprint density at radius 3 is 0.880 bits per heavy atom. The Balaban J connectivity index is 3.39. The number of hydrogen-bond acceptors (Lipinski definition) is 3. The highest BCUT2D eigenvalue weighted by Crippen LogP contribution is 2.19. The number of carbonyl (C=O) groups excluding carboxylic acids is 1. The van der Waals surface area contributed by atoms with E-state index in [-0.39, 0.29) is 12.5 Å². The van der Waals surface area contributed by atoms with Gasteiger partial charge in [0, 0.05) is 6.42 Å². The van der Waals surface area contributed by atoms with Crippen molar-refractivity contribution in [2.24, 2.45) is 0 Å². The Bertz CT molecular complexity index is 1190. The molecule has 0 aromatic carbocycles. The van der Waals surface area contributed by atoms with E-state index in [0.29, 0.717) is 12.8 Å². The van der Waals surface area contributed by atoms with Crippen LogP contribution in [0.3, 0.4) is 0 Å². The summed E-state index contributed by atoms with van der Waals surface area (Å²) in [4.78, 5) is 12.6. The number of aliphatic hydroxyl groups excluding tert-OH is 2. The monoisotopic (exact) mass is 1050 g/mol. The van der Waals surface area contributed by atoms with Gasteiger partial charge in [0.15, 0.2) is 0 Å². The van der Waals surface area contributed by atoms with Crippen molar-refractivity contribution in [1.29, 1.82) is 0 Å². The maximum absolute atomic E-state index is 12.6. The van der Waals surface area contributed by atoms with Gasteiger partial charge < -0.3 is 15.5 Å². The van der Waals surface area contributed by atoms with E-state index >= 15 is 0 Å². The Hall–Kier alpha value is -1.65. The lowest BCUT2D eigenvalue weighted by Gasteiger charge is -2.22. The summed E-state index contributed by atoms with van der Waals surface area (Å²) >= 11 is 0. The van der Waals surface area contributed by atoms with Crippen LogP contribution in [0.5, 0.6) is 0 Å². The molecule has 0 saturated carbocycles. The third-order valence-corrected chi connectivity index (χ3v) is 16.1. The molecule has 0 fully saturated rings. The van der Waals surface area contributed by atoms with E-state index in [1.165, 1.54) is 302 Å². The average molecular weight is 1050 g/mol. The molecule has 0 aliphatic carbocycles. The molecule has 4 nitrogen and oxygen atoms in total. The Morgan fingerprint density at radius 1 is 0.333 bits per heavy atom. The normalized spacial score (nSPS) is 13.0. The SMILES string of the molecule is CC/C=C\C/C=C\C/C=C\C/C=C\CCCCCCCCCCCCCCCCCCCCCCCCC(=O)NC(CO)C(O)CCCCCCCCCCCCCCCCCCCCCCCCCCCCCC. The molecule has 4 heteroatoms. The van der Waals surface area contributed by atoms with Gasteiger partial charge in [-0.25, -0.2) is 0 Å². The van der Waals surface area contributed by atoms with E-state index in [0.717, 1.165) is 51.4 Å². The maximum atomic E-state index is 12.6. The zero-order valence-electron chi connectivity index (χ0n) is 51.1. The van der Waals surface area contributed by atoms with Gasteiger partial charge in [-0.1, -0.05) is 371 Å². The molecule has 2 atom stereocenters. The van der Waals surface area contributed by atoms with Crippen LogP contribution in [0.2, 0.25) is 0 Å². The van der Waals surface area contributed by atoms with Crippen LogP contribution in [0.25, 0.3) is 0 Å². The van der Waals surface area contributed by atoms with Crippen LogP contribution >= 0.6 is 0 Å². The summed E-state index contributed by atoms with van der Waals surface area (Å²) in [6.45, 7) is 4.29. The molecule has 0 aliphatic rings. The minimum Gasteiger partial charge on any atom is -0.394 e. The predicted molar refractivity (Wildman–Crippen MR) is 336 cm³/mol. The molecule has 0 aliphatic heterocycles. The zero-order chi connectivity index (χ0) is 54.1. The molecule has 442 valence electrons. The first-order chi connectivity index (χ1) is 37.2. The Labute approximate surface area is 471 Å². The number of aliphatic hydroxyl groups is 2. The summed E-state index contributed by atoms with van der Waals surface area (Å²) in [5.41, 5.74) is 0. The van der Waals surface area contributed by atoms with E-state index in [9.17, 15) is 15.0 Å². The Morgan fingerprint density at radius 2 is 0.587 bits per heavy atom. The molecule has 0 aromatic rings. The molecule has 1 amide bonds. The van der Waals surface area contributed by atoms with Crippen LogP contribution < -0.4 is 5.32 Å². The molecule has 0 saturated heterocycles. The lowest BCUT2D eigenvalue weighted by molar-refractivity contribution is -0.123. The first-order valence-electron chi connectivity index (χ1n) is 34.3. The van der Waals surface area contributed by atoms with Gasteiger partial charge in [-0.3, -0.25) is 4.79 Å². The highest BCUT2D eigenvalue weighted by molar-refractivity contribution is 5.76. The standard InChI is InChI=1S/C71H135NO3/c1-3-5-7-9-11-13-15-17-19-21-23-25-27-29-31-33-34-35-36-37-38-39-41-43-45-47-49-51-53-55-57-59-61-63-65-67-71(75)72-69(68-73)70(74)66-64-62-60-58-56-54-52-50-48-46-44-42-40-32-30-28-26-24-22-20-18-16-14-12-10-8-6-4-2/h5,7,11,13,17,19,23,25,69-70,73-74H,3-4,6,8-10,12,14-16,18,20-22,24,26-68H2,1-2H3,(H,72,75)/b7-5-,13-11-,19-17-,25-23-. The van der Waals surface area contributed by atoms with Crippen LogP contribution in [0.15, 0.2) is 48.6 Å². The average Bonchev–Trinajstić information content (AvgIpc) is 3.41. The van der Waals surface area contributed by atoms with Gasteiger partial charge in [0.05, 0.1) is 18.8 Å². The molecule has 0 rings (SSSR count). The van der Waals surface area contributed by atoms with Crippen molar-refractivity contribution >= 4 is 5.91 Å². The molecule has 0 heterocycles. The quantitative estimate of drug-likeness (QED) is 0.0420. The van der Waals surface area contributed by atoms with Crippen molar-refractivity contribution in [3.8, 4) is 0 Å². The molecular weight excluding hydrogens is 915 g/mol. The van der Waals surface area contributed by atoms with E-state index in [1.807, 2.05) is 0 Å². The number of allylic oxidation sites excluding steroid dienone is 8. The van der Waals surface area contributed by atoms with Crippen molar-refractivity contribution in [2.45, 2.75) is 392 Å². The van der Waals surface area contributed by atoms with Gasteiger partial charge in [-0.15, -0.1) is 0 Å². The molecule has 0 spiro atoms. The number of nitrogens with one attached hydrogen (secondary N) is 1.